The summed E-state index contributed by atoms with van der Waals surface area (Å²) >= 11 is 0. The van der Waals surface area contributed by atoms with Gasteiger partial charge in [-0.05, 0) is 41.3 Å². The highest BCUT2D eigenvalue weighted by Gasteiger charge is 2.18. The number of nitrogens with zero attached hydrogens (tertiary/aromatic N) is 3. The first kappa shape index (κ1) is 17.6. The largest absolute Gasteiger partial charge is 0.382 e. The first-order valence-corrected chi connectivity index (χ1v) is 8.28. The average Bonchev–Trinajstić information content (AvgIpc) is 2.96. The van der Waals surface area contributed by atoms with E-state index in [-0.39, 0.29) is 23.9 Å². The summed E-state index contributed by atoms with van der Waals surface area (Å²) in [5.41, 5.74) is 8.54. The third-order valence-corrected chi connectivity index (χ3v) is 4.05. The van der Waals surface area contributed by atoms with Crippen LogP contribution in [0.4, 0.5) is 15.9 Å². The van der Waals surface area contributed by atoms with Gasteiger partial charge in [0.2, 0.25) is 0 Å². The molecule has 26 heavy (non-hydrogen) atoms. The fourth-order valence-electron chi connectivity index (χ4n) is 2.55. The highest BCUT2D eigenvalue weighted by molar-refractivity contribution is 6.05. The summed E-state index contributed by atoms with van der Waals surface area (Å²) in [4.78, 5) is 12.4. The molecule has 1 aromatic heterocycles. The monoisotopic (exact) mass is 353 g/mol. The van der Waals surface area contributed by atoms with Crippen molar-refractivity contribution in [1.82, 2.24) is 15.0 Å². The maximum atomic E-state index is 13.3. The molecule has 3 aromatic rings. The zero-order valence-electron chi connectivity index (χ0n) is 14.6. The lowest BCUT2D eigenvalue weighted by atomic mass is 10.0. The predicted octanol–water partition coefficient (Wildman–Crippen LogP) is 3.42. The zero-order chi connectivity index (χ0) is 18.7. The van der Waals surface area contributed by atoms with Gasteiger partial charge in [0, 0.05) is 5.69 Å². The van der Waals surface area contributed by atoms with Crippen LogP contribution in [-0.4, -0.2) is 20.9 Å². The molecule has 0 aliphatic carbocycles. The van der Waals surface area contributed by atoms with Crippen LogP contribution in [-0.2, 0) is 6.54 Å². The highest BCUT2D eigenvalue weighted by atomic mass is 19.1. The van der Waals surface area contributed by atoms with Crippen LogP contribution in [0.15, 0.2) is 48.5 Å². The number of rotatable bonds is 5. The molecule has 1 amide bonds. The molecule has 0 spiro atoms. The van der Waals surface area contributed by atoms with Crippen molar-refractivity contribution in [3.8, 4) is 0 Å². The number of halogens is 1. The molecule has 0 saturated carbocycles. The van der Waals surface area contributed by atoms with Gasteiger partial charge in [0.25, 0.3) is 5.91 Å². The molecule has 7 heteroatoms. The standard InChI is InChI=1S/C19H20FN5O/c1-12(2)14-6-8-16(9-7-14)22-19(26)17-18(21)25(24-23-17)11-13-4-3-5-15(20)10-13/h3-10,12H,11,21H2,1-2H3,(H,22,26). The molecule has 0 atom stereocenters. The van der Waals surface area contributed by atoms with Crippen LogP contribution in [0.1, 0.15) is 41.4 Å². The molecule has 3 rings (SSSR count). The summed E-state index contributed by atoms with van der Waals surface area (Å²) in [7, 11) is 0. The van der Waals surface area contributed by atoms with Crippen LogP contribution in [0.5, 0.6) is 0 Å². The van der Waals surface area contributed by atoms with Crippen molar-refractivity contribution in [2.45, 2.75) is 26.3 Å². The molecule has 6 nitrogen and oxygen atoms in total. The summed E-state index contributed by atoms with van der Waals surface area (Å²) in [5.74, 6) is -0.238. The van der Waals surface area contributed by atoms with Gasteiger partial charge >= 0.3 is 0 Å². The molecule has 0 aliphatic rings. The number of aromatic nitrogens is 3. The summed E-state index contributed by atoms with van der Waals surface area (Å²) < 4.78 is 14.7. The molecule has 2 aromatic carbocycles. The first-order valence-electron chi connectivity index (χ1n) is 8.28. The minimum Gasteiger partial charge on any atom is -0.382 e. The maximum absolute atomic E-state index is 13.3. The number of anilines is 2. The summed E-state index contributed by atoms with van der Waals surface area (Å²) in [6, 6.07) is 13.7. The van der Waals surface area contributed by atoms with Crippen LogP contribution in [0, 0.1) is 5.82 Å². The number of nitrogens with one attached hydrogen (secondary N) is 1. The highest BCUT2D eigenvalue weighted by Crippen LogP contribution is 2.18. The van der Waals surface area contributed by atoms with Crippen molar-refractivity contribution < 1.29 is 9.18 Å². The number of nitrogens with two attached hydrogens (primary N) is 1. The van der Waals surface area contributed by atoms with Crippen molar-refractivity contribution in [2.75, 3.05) is 11.1 Å². The van der Waals surface area contributed by atoms with Gasteiger partial charge in [-0.15, -0.1) is 5.10 Å². The van der Waals surface area contributed by atoms with Gasteiger partial charge in [-0.3, -0.25) is 4.79 Å². The third-order valence-electron chi connectivity index (χ3n) is 4.05. The number of benzene rings is 2. The molecular formula is C19H20FN5O. The Bertz CT molecular complexity index is 918. The Hall–Kier alpha value is -3.22. The second-order valence-corrected chi connectivity index (χ2v) is 6.34. The average molecular weight is 353 g/mol. The molecule has 0 saturated heterocycles. The van der Waals surface area contributed by atoms with Gasteiger partial charge in [-0.1, -0.05) is 43.3 Å². The first-order chi connectivity index (χ1) is 12.4. The van der Waals surface area contributed by atoms with Crippen LogP contribution >= 0.6 is 0 Å². The second kappa shape index (κ2) is 7.35. The maximum Gasteiger partial charge on any atom is 0.280 e. The Kier molecular flexibility index (Phi) is 4.97. The molecule has 134 valence electrons. The van der Waals surface area contributed by atoms with E-state index in [1.807, 2.05) is 24.3 Å². The molecule has 3 N–H and O–H groups in total. The fraction of sp³-hybridized carbons (Fsp3) is 0.211. The van der Waals surface area contributed by atoms with E-state index in [0.29, 0.717) is 17.2 Å². The molecule has 0 unspecified atom stereocenters. The van der Waals surface area contributed by atoms with Crippen molar-refractivity contribution in [3.05, 3.63) is 71.2 Å². The Balaban J connectivity index is 1.73. The van der Waals surface area contributed by atoms with Crippen LogP contribution < -0.4 is 11.1 Å². The number of amides is 1. The minimum absolute atomic E-state index is 0.0364. The van der Waals surface area contributed by atoms with E-state index in [4.69, 9.17) is 5.73 Å². The van der Waals surface area contributed by atoms with E-state index in [0.717, 1.165) is 0 Å². The van der Waals surface area contributed by atoms with E-state index in [1.165, 1.54) is 22.4 Å². The normalized spacial score (nSPS) is 10.9. The van der Waals surface area contributed by atoms with Crippen LogP contribution in [0.3, 0.4) is 0 Å². The summed E-state index contributed by atoms with van der Waals surface area (Å²) in [5, 5.41) is 10.5. The Morgan fingerprint density at radius 2 is 1.96 bits per heavy atom. The van der Waals surface area contributed by atoms with Crippen LogP contribution in [0.2, 0.25) is 0 Å². The topological polar surface area (TPSA) is 85.8 Å². The Labute approximate surface area is 150 Å². The van der Waals surface area contributed by atoms with E-state index < -0.39 is 5.91 Å². The van der Waals surface area contributed by atoms with Gasteiger partial charge in [0.05, 0.1) is 6.54 Å². The van der Waals surface area contributed by atoms with Crippen molar-refractivity contribution in [3.63, 3.8) is 0 Å². The van der Waals surface area contributed by atoms with E-state index in [2.05, 4.69) is 29.5 Å². The lowest BCUT2D eigenvalue weighted by Crippen LogP contribution is -2.15. The SMILES string of the molecule is CC(C)c1ccc(NC(=O)c2nnn(Cc3cccc(F)c3)c2N)cc1. The van der Waals surface area contributed by atoms with E-state index >= 15 is 0 Å². The molecule has 0 aliphatic heterocycles. The number of hydrogen-bond acceptors (Lipinski definition) is 4. The molecule has 0 radical (unpaired) electrons. The lowest BCUT2D eigenvalue weighted by molar-refractivity contribution is 0.102. The zero-order valence-corrected chi connectivity index (χ0v) is 14.6. The van der Waals surface area contributed by atoms with Crippen molar-refractivity contribution in [2.24, 2.45) is 0 Å². The third kappa shape index (κ3) is 3.88. The Morgan fingerprint density at radius 1 is 1.23 bits per heavy atom. The second-order valence-electron chi connectivity index (χ2n) is 6.34. The van der Waals surface area contributed by atoms with Crippen LogP contribution in [0.25, 0.3) is 0 Å². The smallest absolute Gasteiger partial charge is 0.280 e. The van der Waals surface area contributed by atoms with Gasteiger partial charge in [0.1, 0.15) is 5.82 Å². The minimum atomic E-state index is -0.440. The number of carbonyl (C=O) groups excluding carboxylic acids is 1. The molecule has 0 fully saturated rings. The predicted molar refractivity (Wildman–Crippen MR) is 98.4 cm³/mol. The van der Waals surface area contributed by atoms with E-state index in [9.17, 15) is 9.18 Å². The summed E-state index contributed by atoms with van der Waals surface area (Å²) in [6.07, 6.45) is 0. The lowest BCUT2D eigenvalue weighted by Gasteiger charge is -2.08. The van der Waals surface area contributed by atoms with Gasteiger partial charge in [-0.25, -0.2) is 9.07 Å². The quantitative estimate of drug-likeness (QED) is 0.736. The van der Waals surface area contributed by atoms with Gasteiger partial charge < -0.3 is 11.1 Å². The van der Waals surface area contributed by atoms with Crippen molar-refractivity contribution >= 4 is 17.4 Å². The summed E-state index contributed by atoms with van der Waals surface area (Å²) in [6.45, 7) is 4.43. The number of carbonyl (C=O) groups is 1. The Morgan fingerprint density at radius 3 is 2.62 bits per heavy atom. The molecule has 1 heterocycles. The van der Waals surface area contributed by atoms with Crippen molar-refractivity contribution in [1.29, 1.82) is 0 Å². The fourth-order valence-corrected chi connectivity index (χ4v) is 2.55. The molecular weight excluding hydrogens is 333 g/mol. The number of hydrogen-bond donors (Lipinski definition) is 2. The van der Waals surface area contributed by atoms with E-state index in [1.54, 1.807) is 12.1 Å². The van der Waals surface area contributed by atoms with Gasteiger partial charge in [-0.2, -0.15) is 0 Å². The molecule has 0 bridgehead atoms. The van der Waals surface area contributed by atoms with Gasteiger partial charge in [0.15, 0.2) is 11.5 Å². The number of nitrogen functional groups attached to an aromatic ring is 1.